The SMILES string of the molecule is CCN(Cc1ccccc1)c1ccc(NC(=O)c2ccccc2OC)nc1. The fourth-order valence-electron chi connectivity index (χ4n) is 2.85. The molecule has 0 unspecified atom stereocenters. The van der Waals surface area contributed by atoms with Crippen LogP contribution >= 0.6 is 0 Å². The zero-order chi connectivity index (χ0) is 19.1. The van der Waals surface area contributed by atoms with Gasteiger partial charge in [0.1, 0.15) is 11.6 Å². The Hall–Kier alpha value is -3.34. The first-order valence-electron chi connectivity index (χ1n) is 8.90. The molecule has 1 N–H and O–H groups in total. The highest BCUT2D eigenvalue weighted by Gasteiger charge is 2.12. The van der Waals surface area contributed by atoms with Crippen molar-refractivity contribution in [3.63, 3.8) is 0 Å². The van der Waals surface area contributed by atoms with E-state index in [4.69, 9.17) is 4.74 Å². The Morgan fingerprint density at radius 1 is 1.04 bits per heavy atom. The Labute approximate surface area is 159 Å². The molecule has 0 saturated carbocycles. The summed E-state index contributed by atoms with van der Waals surface area (Å²) in [6.45, 7) is 3.79. The normalized spacial score (nSPS) is 10.3. The lowest BCUT2D eigenvalue weighted by atomic mass is 10.2. The van der Waals surface area contributed by atoms with Crippen LogP contribution in [0.15, 0.2) is 72.9 Å². The maximum Gasteiger partial charge on any atom is 0.260 e. The number of aromatic nitrogens is 1. The van der Waals surface area contributed by atoms with E-state index < -0.39 is 0 Å². The van der Waals surface area contributed by atoms with Crippen molar-refractivity contribution in [1.29, 1.82) is 0 Å². The Morgan fingerprint density at radius 3 is 2.44 bits per heavy atom. The molecule has 0 radical (unpaired) electrons. The van der Waals surface area contributed by atoms with Crippen molar-refractivity contribution >= 4 is 17.4 Å². The standard InChI is InChI=1S/C22H23N3O2/c1-3-25(16-17-9-5-4-6-10-17)18-13-14-21(23-15-18)24-22(26)19-11-7-8-12-20(19)27-2/h4-15H,3,16H2,1-2H3,(H,23,24,26). The van der Waals surface area contributed by atoms with Crippen LogP contribution in [0.3, 0.4) is 0 Å². The van der Waals surface area contributed by atoms with E-state index in [1.165, 1.54) is 5.56 Å². The first-order chi connectivity index (χ1) is 13.2. The van der Waals surface area contributed by atoms with Crippen molar-refractivity contribution in [2.24, 2.45) is 0 Å². The fraction of sp³-hybridized carbons (Fsp3) is 0.182. The minimum Gasteiger partial charge on any atom is -0.496 e. The number of benzene rings is 2. The van der Waals surface area contributed by atoms with E-state index in [-0.39, 0.29) is 5.91 Å². The third-order valence-corrected chi connectivity index (χ3v) is 4.30. The monoisotopic (exact) mass is 361 g/mol. The zero-order valence-electron chi connectivity index (χ0n) is 15.6. The number of anilines is 2. The Morgan fingerprint density at radius 2 is 1.78 bits per heavy atom. The second-order valence-electron chi connectivity index (χ2n) is 6.06. The molecule has 0 saturated heterocycles. The number of methoxy groups -OCH3 is 1. The molecule has 1 heterocycles. The first-order valence-corrected chi connectivity index (χ1v) is 8.90. The summed E-state index contributed by atoms with van der Waals surface area (Å²) in [6, 6.07) is 21.2. The number of nitrogens with zero attached hydrogens (tertiary/aromatic N) is 2. The van der Waals surface area contributed by atoms with E-state index in [2.05, 4.69) is 34.3 Å². The second-order valence-corrected chi connectivity index (χ2v) is 6.06. The predicted octanol–water partition coefficient (Wildman–Crippen LogP) is 4.37. The molecule has 3 rings (SSSR count). The molecule has 0 aliphatic heterocycles. The van der Waals surface area contributed by atoms with E-state index in [9.17, 15) is 4.79 Å². The van der Waals surface area contributed by atoms with Crippen LogP contribution in [-0.2, 0) is 6.54 Å². The summed E-state index contributed by atoms with van der Waals surface area (Å²) in [4.78, 5) is 19.1. The van der Waals surface area contributed by atoms with Crippen LogP contribution in [-0.4, -0.2) is 24.5 Å². The van der Waals surface area contributed by atoms with Crippen LogP contribution in [0.5, 0.6) is 5.75 Å². The lowest BCUT2D eigenvalue weighted by Gasteiger charge is -2.23. The van der Waals surface area contributed by atoms with Gasteiger partial charge in [-0.25, -0.2) is 4.98 Å². The van der Waals surface area contributed by atoms with E-state index in [1.807, 2.05) is 36.4 Å². The molecular weight excluding hydrogens is 338 g/mol. The van der Waals surface area contributed by atoms with Crippen molar-refractivity contribution < 1.29 is 9.53 Å². The minimum atomic E-state index is -0.246. The van der Waals surface area contributed by atoms with Gasteiger partial charge < -0.3 is 15.0 Å². The molecule has 0 bridgehead atoms. The molecule has 1 amide bonds. The second kappa shape index (κ2) is 8.85. The summed E-state index contributed by atoms with van der Waals surface area (Å²) in [5.74, 6) is 0.793. The summed E-state index contributed by atoms with van der Waals surface area (Å²) >= 11 is 0. The predicted molar refractivity (Wildman–Crippen MR) is 108 cm³/mol. The third-order valence-electron chi connectivity index (χ3n) is 4.30. The van der Waals surface area contributed by atoms with Crippen molar-refractivity contribution in [3.8, 4) is 5.75 Å². The number of hydrogen-bond acceptors (Lipinski definition) is 4. The van der Waals surface area contributed by atoms with Crippen LogP contribution in [0.25, 0.3) is 0 Å². The van der Waals surface area contributed by atoms with Crippen molar-refractivity contribution in [2.75, 3.05) is 23.9 Å². The number of rotatable bonds is 7. The van der Waals surface area contributed by atoms with Gasteiger partial charge in [0.25, 0.3) is 5.91 Å². The van der Waals surface area contributed by atoms with Crippen molar-refractivity contribution in [1.82, 2.24) is 4.98 Å². The van der Waals surface area contributed by atoms with Crippen LogP contribution in [0.4, 0.5) is 11.5 Å². The molecule has 138 valence electrons. The van der Waals surface area contributed by atoms with E-state index in [0.717, 1.165) is 18.8 Å². The molecule has 1 aromatic heterocycles. The molecule has 3 aromatic rings. The number of nitrogens with one attached hydrogen (secondary N) is 1. The Bertz CT molecular complexity index is 880. The Balaban J connectivity index is 1.70. The van der Waals surface area contributed by atoms with Gasteiger partial charge in [-0.15, -0.1) is 0 Å². The van der Waals surface area contributed by atoms with Crippen LogP contribution in [0.2, 0.25) is 0 Å². The molecule has 2 aromatic carbocycles. The molecule has 27 heavy (non-hydrogen) atoms. The summed E-state index contributed by atoms with van der Waals surface area (Å²) in [5, 5.41) is 2.82. The van der Waals surface area contributed by atoms with Gasteiger partial charge in [-0.2, -0.15) is 0 Å². The van der Waals surface area contributed by atoms with Gasteiger partial charge in [0, 0.05) is 13.1 Å². The minimum absolute atomic E-state index is 0.246. The molecule has 5 nitrogen and oxygen atoms in total. The van der Waals surface area contributed by atoms with Gasteiger partial charge in [0.05, 0.1) is 24.6 Å². The molecule has 0 fully saturated rings. The van der Waals surface area contributed by atoms with Crippen LogP contribution in [0.1, 0.15) is 22.8 Å². The number of carbonyl (C=O) groups excluding carboxylic acids is 1. The van der Waals surface area contributed by atoms with Gasteiger partial charge in [-0.05, 0) is 36.8 Å². The molecule has 0 spiro atoms. The highest BCUT2D eigenvalue weighted by molar-refractivity contribution is 6.05. The summed E-state index contributed by atoms with van der Waals surface area (Å²) in [7, 11) is 1.55. The van der Waals surface area contributed by atoms with Gasteiger partial charge >= 0.3 is 0 Å². The van der Waals surface area contributed by atoms with Crippen molar-refractivity contribution in [3.05, 3.63) is 84.1 Å². The number of hydrogen-bond donors (Lipinski definition) is 1. The van der Waals surface area contributed by atoms with Crippen LogP contribution in [0, 0.1) is 0 Å². The van der Waals surface area contributed by atoms with Gasteiger partial charge in [-0.3, -0.25) is 4.79 Å². The maximum absolute atomic E-state index is 12.5. The lowest BCUT2D eigenvalue weighted by Crippen LogP contribution is -2.22. The Kier molecular flexibility index (Phi) is 6.05. The number of ether oxygens (including phenoxy) is 1. The van der Waals surface area contributed by atoms with E-state index >= 15 is 0 Å². The smallest absolute Gasteiger partial charge is 0.260 e. The quantitative estimate of drug-likeness (QED) is 0.679. The number of carbonyl (C=O) groups is 1. The van der Waals surface area contributed by atoms with Gasteiger partial charge in [-0.1, -0.05) is 42.5 Å². The highest BCUT2D eigenvalue weighted by atomic mass is 16.5. The topological polar surface area (TPSA) is 54.5 Å². The number of pyridine rings is 1. The molecular formula is C22H23N3O2. The first kappa shape index (κ1) is 18.5. The summed E-state index contributed by atoms with van der Waals surface area (Å²) < 4.78 is 5.24. The van der Waals surface area contributed by atoms with Crippen LogP contribution < -0.4 is 15.0 Å². The van der Waals surface area contributed by atoms with Gasteiger partial charge in [0.15, 0.2) is 0 Å². The van der Waals surface area contributed by atoms with Gasteiger partial charge in [0.2, 0.25) is 0 Å². The lowest BCUT2D eigenvalue weighted by molar-refractivity contribution is 0.102. The summed E-state index contributed by atoms with van der Waals surface area (Å²) in [6.07, 6.45) is 1.78. The van der Waals surface area contributed by atoms with E-state index in [0.29, 0.717) is 17.1 Å². The average molecular weight is 361 g/mol. The summed E-state index contributed by atoms with van der Waals surface area (Å²) in [5.41, 5.74) is 2.73. The zero-order valence-corrected chi connectivity index (χ0v) is 15.6. The fourth-order valence-corrected chi connectivity index (χ4v) is 2.85. The molecule has 5 heteroatoms. The molecule has 0 aliphatic carbocycles. The number of para-hydroxylation sites is 1. The molecule has 0 atom stereocenters. The maximum atomic E-state index is 12.5. The largest absolute Gasteiger partial charge is 0.496 e. The highest BCUT2D eigenvalue weighted by Crippen LogP contribution is 2.21. The number of amides is 1. The molecule has 0 aliphatic rings. The average Bonchev–Trinajstić information content (AvgIpc) is 2.73. The van der Waals surface area contributed by atoms with Crippen molar-refractivity contribution in [2.45, 2.75) is 13.5 Å². The van der Waals surface area contributed by atoms with E-state index in [1.54, 1.807) is 31.5 Å². The third kappa shape index (κ3) is 4.64.